The molecule has 1 amide bonds. The Bertz CT molecular complexity index is 491. The molecule has 0 fully saturated rings. The van der Waals surface area contributed by atoms with Gasteiger partial charge in [0.25, 0.3) is 5.91 Å². The molecule has 3 heteroatoms. The minimum Gasteiger partial charge on any atom is -0.472 e. The highest BCUT2D eigenvalue weighted by Crippen LogP contribution is 2.23. The van der Waals surface area contributed by atoms with Crippen LogP contribution in [-0.2, 0) is 13.1 Å². The van der Waals surface area contributed by atoms with Crippen molar-refractivity contribution in [3.05, 3.63) is 59.5 Å². The molecule has 0 radical (unpaired) electrons. The summed E-state index contributed by atoms with van der Waals surface area (Å²) in [7, 11) is 0. The van der Waals surface area contributed by atoms with Gasteiger partial charge < -0.3 is 9.32 Å². The molecule has 3 nitrogen and oxygen atoms in total. The minimum absolute atomic E-state index is 0.0324. The molecule has 1 aromatic carbocycles. The second kappa shape index (κ2) is 3.52. The quantitative estimate of drug-likeness (QED) is 0.729. The van der Waals surface area contributed by atoms with Crippen LogP contribution in [0.4, 0.5) is 0 Å². The summed E-state index contributed by atoms with van der Waals surface area (Å²) in [5.74, 6) is 0.0324. The average Bonchev–Trinajstić information content (AvgIpc) is 2.97. The van der Waals surface area contributed by atoms with E-state index in [1.165, 1.54) is 23.7 Å². The predicted octanol–water partition coefficient (Wildman–Crippen LogP) is 2.44. The van der Waals surface area contributed by atoms with Gasteiger partial charge in [0, 0.05) is 13.1 Å². The van der Waals surface area contributed by atoms with Crippen molar-refractivity contribution in [2.75, 3.05) is 0 Å². The van der Waals surface area contributed by atoms with Crippen molar-refractivity contribution < 1.29 is 9.21 Å². The second-order valence-electron chi connectivity index (χ2n) is 3.94. The summed E-state index contributed by atoms with van der Waals surface area (Å²) >= 11 is 0. The molecule has 2 heterocycles. The van der Waals surface area contributed by atoms with Crippen molar-refractivity contribution in [1.29, 1.82) is 0 Å². The molecular formula is C13H11NO2. The summed E-state index contributed by atoms with van der Waals surface area (Å²) in [6, 6.07) is 9.84. The predicted molar refractivity (Wildman–Crippen MR) is 58.7 cm³/mol. The lowest BCUT2D eigenvalue weighted by Crippen LogP contribution is -2.24. The fourth-order valence-electron chi connectivity index (χ4n) is 2.05. The molecule has 3 rings (SSSR count). The fraction of sp³-hybridized carbons (Fsp3) is 0.154. The van der Waals surface area contributed by atoms with Crippen molar-refractivity contribution in [3.63, 3.8) is 0 Å². The highest BCUT2D eigenvalue weighted by atomic mass is 16.3. The molecule has 2 aromatic rings. The van der Waals surface area contributed by atoms with Crippen LogP contribution in [0.3, 0.4) is 0 Å². The van der Waals surface area contributed by atoms with Crippen LogP contribution >= 0.6 is 0 Å². The van der Waals surface area contributed by atoms with Gasteiger partial charge in [0.05, 0.1) is 11.8 Å². The zero-order chi connectivity index (χ0) is 11.0. The molecule has 16 heavy (non-hydrogen) atoms. The normalized spacial score (nSPS) is 13.9. The first kappa shape index (κ1) is 9.21. The van der Waals surface area contributed by atoms with E-state index in [1.54, 1.807) is 6.07 Å². The maximum atomic E-state index is 12.0. The van der Waals surface area contributed by atoms with E-state index in [-0.39, 0.29) is 5.91 Å². The number of rotatable bonds is 1. The third kappa shape index (κ3) is 1.41. The van der Waals surface area contributed by atoms with Gasteiger partial charge in [-0.2, -0.15) is 0 Å². The molecule has 1 aliphatic heterocycles. The van der Waals surface area contributed by atoms with Crippen molar-refractivity contribution in [1.82, 2.24) is 4.90 Å². The van der Waals surface area contributed by atoms with Gasteiger partial charge >= 0.3 is 0 Å². The van der Waals surface area contributed by atoms with Gasteiger partial charge in [-0.15, -0.1) is 0 Å². The number of carbonyl (C=O) groups excluding carboxylic acids is 1. The monoisotopic (exact) mass is 213 g/mol. The highest BCUT2D eigenvalue weighted by Gasteiger charge is 2.24. The van der Waals surface area contributed by atoms with Gasteiger partial charge in [0.2, 0.25) is 0 Å². The van der Waals surface area contributed by atoms with Gasteiger partial charge in [-0.25, -0.2) is 0 Å². The Kier molecular flexibility index (Phi) is 2.03. The van der Waals surface area contributed by atoms with Gasteiger partial charge in [0.1, 0.15) is 6.26 Å². The van der Waals surface area contributed by atoms with Gasteiger partial charge in [-0.3, -0.25) is 4.79 Å². The van der Waals surface area contributed by atoms with Crippen molar-refractivity contribution >= 4 is 5.91 Å². The summed E-state index contributed by atoms with van der Waals surface area (Å²) < 4.78 is 4.92. The van der Waals surface area contributed by atoms with Gasteiger partial charge in [-0.1, -0.05) is 24.3 Å². The van der Waals surface area contributed by atoms with Crippen LogP contribution < -0.4 is 0 Å². The molecule has 0 spiro atoms. The molecule has 80 valence electrons. The first-order valence-electron chi connectivity index (χ1n) is 5.23. The molecule has 0 unspecified atom stereocenters. The number of hydrogen-bond acceptors (Lipinski definition) is 2. The number of carbonyl (C=O) groups is 1. The molecule has 1 aliphatic rings. The van der Waals surface area contributed by atoms with Crippen LogP contribution in [0.2, 0.25) is 0 Å². The second-order valence-corrected chi connectivity index (χ2v) is 3.94. The van der Waals surface area contributed by atoms with Crippen molar-refractivity contribution in [3.8, 4) is 0 Å². The minimum atomic E-state index is 0.0324. The third-order valence-electron chi connectivity index (χ3n) is 2.90. The largest absolute Gasteiger partial charge is 0.472 e. The van der Waals surface area contributed by atoms with E-state index in [0.29, 0.717) is 18.7 Å². The first-order valence-corrected chi connectivity index (χ1v) is 5.23. The molecule has 0 atom stereocenters. The molecular weight excluding hydrogens is 202 g/mol. The number of hydrogen-bond donors (Lipinski definition) is 0. The molecule has 0 aliphatic carbocycles. The molecule has 0 N–H and O–H groups in total. The Labute approximate surface area is 93.3 Å². The van der Waals surface area contributed by atoms with Crippen LogP contribution in [0.25, 0.3) is 0 Å². The van der Waals surface area contributed by atoms with E-state index >= 15 is 0 Å². The average molecular weight is 213 g/mol. The van der Waals surface area contributed by atoms with Crippen LogP contribution in [0.15, 0.2) is 47.3 Å². The SMILES string of the molecule is O=C(c1ccoc1)N1Cc2ccccc2C1. The molecule has 0 saturated heterocycles. The van der Waals surface area contributed by atoms with E-state index in [1.807, 2.05) is 17.0 Å². The lowest BCUT2D eigenvalue weighted by molar-refractivity contribution is 0.0750. The van der Waals surface area contributed by atoms with Crippen molar-refractivity contribution in [2.45, 2.75) is 13.1 Å². The molecule has 0 saturated carbocycles. The standard InChI is InChI=1S/C13H11NO2/c15-13(12-5-6-16-9-12)14-7-10-3-1-2-4-11(10)8-14/h1-6,9H,7-8H2. The Morgan fingerprint density at radius 2 is 1.81 bits per heavy atom. The molecule has 1 aromatic heterocycles. The summed E-state index contributed by atoms with van der Waals surface area (Å²) in [5, 5.41) is 0. The van der Waals surface area contributed by atoms with Gasteiger partial charge in [-0.05, 0) is 17.2 Å². The number of benzene rings is 1. The van der Waals surface area contributed by atoms with Crippen LogP contribution in [0.5, 0.6) is 0 Å². The van der Waals surface area contributed by atoms with Crippen molar-refractivity contribution in [2.24, 2.45) is 0 Å². The maximum Gasteiger partial charge on any atom is 0.257 e. The van der Waals surface area contributed by atoms with E-state index in [4.69, 9.17) is 4.42 Å². The fourth-order valence-corrected chi connectivity index (χ4v) is 2.05. The topological polar surface area (TPSA) is 33.5 Å². The summed E-state index contributed by atoms with van der Waals surface area (Å²) in [6.07, 6.45) is 3.02. The number of fused-ring (bicyclic) bond motifs is 1. The van der Waals surface area contributed by atoms with E-state index in [9.17, 15) is 4.79 Å². The third-order valence-corrected chi connectivity index (χ3v) is 2.90. The number of amides is 1. The Balaban J connectivity index is 1.84. The summed E-state index contributed by atoms with van der Waals surface area (Å²) in [4.78, 5) is 13.9. The van der Waals surface area contributed by atoms with Gasteiger partial charge in [0.15, 0.2) is 0 Å². The lowest BCUT2D eigenvalue weighted by atomic mass is 10.1. The highest BCUT2D eigenvalue weighted by molar-refractivity contribution is 5.94. The zero-order valence-corrected chi connectivity index (χ0v) is 8.72. The Morgan fingerprint density at radius 1 is 1.12 bits per heavy atom. The number of furan rings is 1. The van der Waals surface area contributed by atoms with Crippen LogP contribution in [0, 0.1) is 0 Å². The lowest BCUT2D eigenvalue weighted by Gasteiger charge is -2.13. The Hall–Kier alpha value is -2.03. The first-order chi connectivity index (χ1) is 7.84. The summed E-state index contributed by atoms with van der Waals surface area (Å²) in [6.45, 7) is 1.39. The maximum absolute atomic E-state index is 12.0. The van der Waals surface area contributed by atoms with Crippen LogP contribution in [0.1, 0.15) is 21.5 Å². The van der Waals surface area contributed by atoms with E-state index < -0.39 is 0 Å². The molecule has 0 bridgehead atoms. The van der Waals surface area contributed by atoms with E-state index in [0.717, 1.165) is 0 Å². The van der Waals surface area contributed by atoms with E-state index in [2.05, 4.69) is 12.1 Å². The zero-order valence-electron chi connectivity index (χ0n) is 8.72. The smallest absolute Gasteiger partial charge is 0.257 e. The number of nitrogens with zero attached hydrogens (tertiary/aromatic N) is 1. The summed E-state index contributed by atoms with van der Waals surface area (Å²) in [5.41, 5.74) is 3.09. The van der Waals surface area contributed by atoms with Crippen LogP contribution in [-0.4, -0.2) is 10.8 Å². The Morgan fingerprint density at radius 3 is 2.38 bits per heavy atom.